The van der Waals surface area contributed by atoms with Crippen LogP contribution in [0.1, 0.15) is 10.4 Å². The molecule has 8 heteroatoms. The average Bonchev–Trinajstić information content (AvgIpc) is 3.47. The number of anilines is 1. The van der Waals surface area contributed by atoms with Gasteiger partial charge in [0.1, 0.15) is 0 Å². The Morgan fingerprint density at radius 3 is 2.76 bits per heavy atom. The van der Waals surface area contributed by atoms with Gasteiger partial charge in [0.25, 0.3) is 5.91 Å². The van der Waals surface area contributed by atoms with Crippen molar-refractivity contribution in [3.63, 3.8) is 0 Å². The number of thiazole rings is 1. The molecule has 0 radical (unpaired) electrons. The van der Waals surface area contributed by atoms with Gasteiger partial charge in [-0.05, 0) is 18.2 Å². The third-order valence-corrected chi connectivity index (χ3v) is 5.52. The minimum absolute atomic E-state index is 0.167. The molecule has 5 rings (SSSR count). The van der Waals surface area contributed by atoms with Crippen molar-refractivity contribution in [2.75, 3.05) is 12.1 Å². The summed E-state index contributed by atoms with van der Waals surface area (Å²) < 4.78 is 12.6. The number of aryl methyl sites for hydroxylation is 1. The largest absolute Gasteiger partial charge is 0.454 e. The van der Waals surface area contributed by atoms with E-state index in [-0.39, 0.29) is 12.7 Å². The molecule has 3 heterocycles. The molecule has 0 saturated carbocycles. The molecule has 7 nitrogen and oxygen atoms in total. The highest BCUT2D eigenvalue weighted by molar-refractivity contribution is 7.19. The van der Waals surface area contributed by atoms with Crippen molar-refractivity contribution in [1.29, 1.82) is 0 Å². The average molecular weight is 404 g/mol. The van der Waals surface area contributed by atoms with E-state index in [4.69, 9.17) is 14.5 Å². The van der Waals surface area contributed by atoms with E-state index in [0.29, 0.717) is 22.2 Å². The van der Waals surface area contributed by atoms with E-state index in [0.717, 1.165) is 22.0 Å². The number of benzene rings is 2. The molecule has 1 aliphatic rings. The second kappa shape index (κ2) is 7.06. The van der Waals surface area contributed by atoms with Crippen LogP contribution in [-0.2, 0) is 7.05 Å². The zero-order valence-electron chi connectivity index (χ0n) is 15.5. The Balaban J connectivity index is 1.50. The fourth-order valence-electron chi connectivity index (χ4n) is 3.11. The molecule has 1 amide bonds. The van der Waals surface area contributed by atoms with Crippen molar-refractivity contribution >= 4 is 22.4 Å². The molecule has 1 aliphatic heterocycles. The lowest BCUT2D eigenvalue weighted by atomic mass is 10.1. The lowest BCUT2D eigenvalue weighted by Gasteiger charge is -2.03. The smallest absolute Gasteiger partial charge is 0.257 e. The normalized spacial score (nSPS) is 12.2. The number of nitrogens with zero attached hydrogens (tertiary/aromatic N) is 3. The van der Waals surface area contributed by atoms with Gasteiger partial charge in [0.2, 0.25) is 6.79 Å². The summed E-state index contributed by atoms with van der Waals surface area (Å²) >= 11 is 1.39. The Morgan fingerprint density at radius 2 is 1.97 bits per heavy atom. The van der Waals surface area contributed by atoms with Gasteiger partial charge in [0.05, 0.1) is 10.6 Å². The second-order valence-electron chi connectivity index (χ2n) is 6.45. The maximum absolute atomic E-state index is 12.8. The molecule has 1 N–H and O–H groups in total. The topological polar surface area (TPSA) is 78.3 Å². The van der Waals surface area contributed by atoms with Crippen molar-refractivity contribution in [2.45, 2.75) is 0 Å². The van der Waals surface area contributed by atoms with Crippen molar-refractivity contribution in [2.24, 2.45) is 7.05 Å². The fraction of sp³-hybridized carbons (Fsp3) is 0.0952. The molecular formula is C21H16N4O3S. The van der Waals surface area contributed by atoms with Gasteiger partial charge in [-0.15, -0.1) is 0 Å². The second-order valence-corrected chi connectivity index (χ2v) is 7.45. The highest BCUT2D eigenvalue weighted by Crippen LogP contribution is 2.38. The predicted octanol–water partition coefficient (Wildman–Crippen LogP) is 4.19. The van der Waals surface area contributed by atoms with E-state index in [9.17, 15) is 4.79 Å². The third-order valence-electron chi connectivity index (χ3n) is 4.55. The molecular weight excluding hydrogens is 388 g/mol. The Morgan fingerprint density at radius 1 is 1.14 bits per heavy atom. The van der Waals surface area contributed by atoms with Gasteiger partial charge in [-0.3, -0.25) is 10.1 Å². The number of ether oxygens (including phenoxy) is 2. The van der Waals surface area contributed by atoms with E-state index in [1.54, 1.807) is 24.4 Å². The van der Waals surface area contributed by atoms with Crippen molar-refractivity contribution in [3.8, 4) is 33.5 Å². The van der Waals surface area contributed by atoms with E-state index in [2.05, 4.69) is 10.3 Å². The van der Waals surface area contributed by atoms with Crippen LogP contribution >= 0.6 is 11.3 Å². The molecule has 0 atom stereocenters. The molecule has 4 aromatic rings. The molecule has 2 aromatic heterocycles. The maximum Gasteiger partial charge on any atom is 0.257 e. The minimum Gasteiger partial charge on any atom is -0.454 e. The van der Waals surface area contributed by atoms with Gasteiger partial charge in [0, 0.05) is 30.6 Å². The van der Waals surface area contributed by atoms with E-state index in [1.165, 1.54) is 11.3 Å². The van der Waals surface area contributed by atoms with Gasteiger partial charge in [-0.25, -0.2) is 9.97 Å². The fourth-order valence-corrected chi connectivity index (χ4v) is 4.13. The summed E-state index contributed by atoms with van der Waals surface area (Å²) in [6.07, 6.45) is 3.63. The molecule has 144 valence electrons. The summed E-state index contributed by atoms with van der Waals surface area (Å²) in [6.45, 7) is 0.167. The summed E-state index contributed by atoms with van der Waals surface area (Å²) in [4.78, 5) is 22.8. The summed E-state index contributed by atoms with van der Waals surface area (Å²) in [5.74, 6) is 1.74. The summed E-state index contributed by atoms with van der Waals surface area (Å²) in [6, 6.07) is 15.0. The van der Waals surface area contributed by atoms with Crippen LogP contribution in [0.2, 0.25) is 0 Å². The van der Waals surface area contributed by atoms with Crippen LogP contribution in [0.5, 0.6) is 11.5 Å². The summed E-state index contributed by atoms with van der Waals surface area (Å²) in [7, 11) is 1.93. The van der Waals surface area contributed by atoms with Gasteiger partial charge in [0.15, 0.2) is 22.5 Å². The molecule has 0 bridgehead atoms. The Hall–Kier alpha value is -3.65. The quantitative estimate of drug-likeness (QED) is 0.552. The molecule has 0 unspecified atom stereocenters. The summed E-state index contributed by atoms with van der Waals surface area (Å²) in [5, 5.41) is 3.40. The predicted molar refractivity (Wildman–Crippen MR) is 110 cm³/mol. The van der Waals surface area contributed by atoms with Gasteiger partial charge >= 0.3 is 0 Å². The Kier molecular flexibility index (Phi) is 4.25. The van der Waals surface area contributed by atoms with E-state index >= 15 is 0 Å². The van der Waals surface area contributed by atoms with Gasteiger partial charge in [-0.1, -0.05) is 41.7 Å². The molecule has 0 spiro atoms. The van der Waals surface area contributed by atoms with Gasteiger partial charge in [-0.2, -0.15) is 0 Å². The number of aromatic nitrogens is 3. The number of amides is 1. The van der Waals surface area contributed by atoms with E-state index < -0.39 is 0 Å². The van der Waals surface area contributed by atoms with Crippen LogP contribution in [0.3, 0.4) is 0 Å². The molecule has 0 saturated heterocycles. The summed E-state index contributed by atoms with van der Waals surface area (Å²) in [5.41, 5.74) is 2.22. The monoisotopic (exact) mass is 404 g/mol. The van der Waals surface area contributed by atoms with Crippen LogP contribution in [0.4, 0.5) is 5.13 Å². The minimum atomic E-state index is -0.261. The first-order valence-corrected chi connectivity index (χ1v) is 9.75. The molecule has 2 aromatic carbocycles. The zero-order valence-corrected chi connectivity index (χ0v) is 16.3. The molecule has 29 heavy (non-hydrogen) atoms. The van der Waals surface area contributed by atoms with Crippen molar-refractivity contribution in [1.82, 2.24) is 14.5 Å². The first-order valence-electron chi connectivity index (χ1n) is 8.94. The number of nitrogens with one attached hydrogen (secondary N) is 1. The first kappa shape index (κ1) is 17.4. The number of hydrogen-bond donors (Lipinski definition) is 1. The zero-order chi connectivity index (χ0) is 19.8. The molecule has 0 aliphatic carbocycles. The van der Waals surface area contributed by atoms with Crippen molar-refractivity contribution < 1.29 is 14.3 Å². The number of fused-ring (bicyclic) bond motifs is 1. The first-order chi connectivity index (χ1) is 14.2. The van der Waals surface area contributed by atoms with Crippen LogP contribution in [0, 0.1) is 0 Å². The van der Waals surface area contributed by atoms with Crippen LogP contribution in [0.25, 0.3) is 22.0 Å². The maximum atomic E-state index is 12.8. The lowest BCUT2D eigenvalue weighted by molar-refractivity contribution is 0.102. The molecule has 0 fully saturated rings. The third kappa shape index (κ3) is 3.23. The highest BCUT2D eigenvalue weighted by atomic mass is 32.1. The SMILES string of the molecule is Cn1ccnc1-c1sc(NC(=O)c2ccc3c(c2)OCO3)nc1-c1ccccc1. The highest BCUT2D eigenvalue weighted by Gasteiger charge is 2.21. The Bertz CT molecular complexity index is 1200. The van der Waals surface area contributed by atoms with E-state index in [1.807, 2.05) is 48.1 Å². The number of carbonyl (C=O) groups is 1. The number of hydrogen-bond acceptors (Lipinski definition) is 6. The van der Waals surface area contributed by atoms with Crippen LogP contribution in [0.15, 0.2) is 60.9 Å². The standard InChI is InChI=1S/C21H16N4O3S/c1-25-10-9-22-19(25)18-17(13-5-3-2-4-6-13)23-21(29-18)24-20(26)14-7-8-15-16(11-14)28-12-27-15/h2-11H,12H2,1H3,(H,23,24,26). The lowest BCUT2D eigenvalue weighted by Crippen LogP contribution is -2.11. The van der Waals surface area contributed by atoms with Crippen LogP contribution < -0.4 is 14.8 Å². The van der Waals surface area contributed by atoms with Crippen LogP contribution in [-0.4, -0.2) is 27.2 Å². The number of carbonyl (C=O) groups excluding carboxylic acids is 1. The van der Waals surface area contributed by atoms with Gasteiger partial charge < -0.3 is 14.0 Å². The number of imidazole rings is 1. The van der Waals surface area contributed by atoms with Crippen molar-refractivity contribution in [3.05, 3.63) is 66.5 Å². The number of rotatable bonds is 4. The Labute approximate surface area is 170 Å².